The first-order valence-corrected chi connectivity index (χ1v) is 7.79. The van der Waals surface area contributed by atoms with Gasteiger partial charge in [0, 0.05) is 31.5 Å². The number of halogens is 3. The van der Waals surface area contributed by atoms with Crippen LogP contribution in [0.3, 0.4) is 0 Å². The first kappa shape index (κ1) is 22.0. The van der Waals surface area contributed by atoms with Gasteiger partial charge < -0.3 is 20.3 Å². The number of hydrogen-bond donors (Lipinski definition) is 2. The number of pyridine rings is 1. The quantitative estimate of drug-likeness (QED) is 0.824. The molecule has 0 radical (unpaired) electrons. The van der Waals surface area contributed by atoms with Crippen LogP contribution < -0.4 is 15.4 Å². The van der Waals surface area contributed by atoms with Crippen molar-refractivity contribution in [1.82, 2.24) is 15.2 Å². The van der Waals surface area contributed by atoms with Crippen molar-refractivity contribution in [2.75, 3.05) is 31.6 Å². The molecule has 2 heterocycles. The van der Waals surface area contributed by atoms with E-state index in [1.165, 1.54) is 24.3 Å². The first-order valence-electron chi connectivity index (χ1n) is 7.79. The number of benzene rings is 1. The number of piperazine rings is 1. The van der Waals surface area contributed by atoms with Crippen molar-refractivity contribution < 1.29 is 13.9 Å². The normalized spacial score (nSPS) is 16.0. The van der Waals surface area contributed by atoms with Gasteiger partial charge in [-0.15, -0.1) is 24.8 Å². The molecular formula is C17H21Cl2FN4O2. The van der Waals surface area contributed by atoms with Crippen LogP contribution in [0.2, 0.25) is 0 Å². The van der Waals surface area contributed by atoms with Gasteiger partial charge in [-0.25, -0.2) is 9.18 Å². The maximum atomic E-state index is 12.9. The van der Waals surface area contributed by atoms with Gasteiger partial charge in [-0.2, -0.15) is 0 Å². The maximum absolute atomic E-state index is 12.9. The van der Waals surface area contributed by atoms with Gasteiger partial charge in [0.2, 0.25) is 0 Å². The lowest BCUT2D eigenvalue weighted by Crippen LogP contribution is -2.57. The average Bonchev–Trinajstić information content (AvgIpc) is 2.63. The average molecular weight is 403 g/mol. The molecule has 0 saturated carbocycles. The Morgan fingerprint density at radius 2 is 2.08 bits per heavy atom. The van der Waals surface area contributed by atoms with Gasteiger partial charge in [-0.05, 0) is 36.4 Å². The summed E-state index contributed by atoms with van der Waals surface area (Å²) in [6.07, 6.45) is 3.32. The second-order valence-electron chi connectivity index (χ2n) is 5.49. The molecule has 1 saturated heterocycles. The Hall–Kier alpha value is -2.09. The van der Waals surface area contributed by atoms with Crippen LogP contribution in [0, 0.1) is 5.82 Å². The Balaban J connectivity index is 0.00000169. The highest BCUT2D eigenvalue weighted by Gasteiger charge is 2.27. The number of nitrogens with one attached hydrogen (secondary N) is 2. The maximum Gasteiger partial charge on any atom is 0.322 e. The van der Waals surface area contributed by atoms with Crippen LogP contribution >= 0.6 is 24.8 Å². The summed E-state index contributed by atoms with van der Waals surface area (Å²) in [6.45, 7) is 2.32. The van der Waals surface area contributed by atoms with Gasteiger partial charge in [-0.1, -0.05) is 0 Å². The van der Waals surface area contributed by atoms with E-state index in [4.69, 9.17) is 4.74 Å². The molecule has 1 aromatic carbocycles. The Morgan fingerprint density at radius 1 is 1.31 bits per heavy atom. The molecule has 6 nitrogen and oxygen atoms in total. The Morgan fingerprint density at radius 3 is 2.77 bits per heavy atom. The molecule has 3 rings (SSSR count). The number of ether oxygens (including phenoxy) is 1. The predicted molar refractivity (Wildman–Crippen MR) is 103 cm³/mol. The van der Waals surface area contributed by atoms with Crippen LogP contribution in [0.4, 0.5) is 14.9 Å². The highest BCUT2D eigenvalue weighted by molar-refractivity contribution is 5.89. The van der Waals surface area contributed by atoms with Crippen LogP contribution in [0.25, 0.3) is 0 Å². The molecular weight excluding hydrogens is 382 g/mol. The highest BCUT2D eigenvalue weighted by atomic mass is 35.5. The summed E-state index contributed by atoms with van der Waals surface area (Å²) in [7, 11) is 0. The third-order valence-corrected chi connectivity index (χ3v) is 3.78. The number of urea groups is 1. The molecule has 1 atom stereocenters. The van der Waals surface area contributed by atoms with Crippen molar-refractivity contribution in [2.24, 2.45) is 0 Å². The Kier molecular flexibility index (Phi) is 9.12. The third kappa shape index (κ3) is 6.01. The van der Waals surface area contributed by atoms with Crippen molar-refractivity contribution in [1.29, 1.82) is 0 Å². The zero-order valence-electron chi connectivity index (χ0n) is 13.9. The molecule has 0 aliphatic carbocycles. The standard InChI is InChI=1S/C17H19FN4O2.2ClH/c18-13-3-5-14(6-4-13)21-17(23)22-9-8-20-10-15(22)12-24-16-2-1-7-19-11-16;;/h1-7,11,15,20H,8-10,12H2,(H,21,23);2*1H. The molecule has 0 bridgehead atoms. The number of hydrogen-bond acceptors (Lipinski definition) is 4. The summed E-state index contributed by atoms with van der Waals surface area (Å²) >= 11 is 0. The summed E-state index contributed by atoms with van der Waals surface area (Å²) in [5.41, 5.74) is 0.562. The van der Waals surface area contributed by atoms with Crippen molar-refractivity contribution in [3.05, 3.63) is 54.6 Å². The molecule has 1 aliphatic rings. The van der Waals surface area contributed by atoms with Crippen LogP contribution in [0.5, 0.6) is 5.75 Å². The minimum absolute atomic E-state index is 0. The minimum atomic E-state index is -0.335. The Labute approximate surface area is 163 Å². The van der Waals surface area contributed by atoms with Gasteiger partial charge >= 0.3 is 6.03 Å². The smallest absolute Gasteiger partial charge is 0.322 e. The van der Waals surface area contributed by atoms with Crippen LogP contribution in [0.1, 0.15) is 0 Å². The molecule has 2 amide bonds. The van der Waals surface area contributed by atoms with Crippen LogP contribution in [-0.2, 0) is 0 Å². The topological polar surface area (TPSA) is 66.5 Å². The van der Waals surface area contributed by atoms with Crippen molar-refractivity contribution in [2.45, 2.75) is 6.04 Å². The second-order valence-corrected chi connectivity index (χ2v) is 5.49. The van der Waals surface area contributed by atoms with Crippen LogP contribution in [-0.4, -0.2) is 48.2 Å². The fourth-order valence-corrected chi connectivity index (χ4v) is 2.53. The largest absolute Gasteiger partial charge is 0.490 e. The summed E-state index contributed by atoms with van der Waals surface area (Å²) in [4.78, 5) is 18.2. The van der Waals surface area contributed by atoms with Gasteiger partial charge in [0.05, 0.1) is 12.2 Å². The van der Waals surface area contributed by atoms with Gasteiger partial charge in [0.1, 0.15) is 18.2 Å². The number of rotatable bonds is 4. The van der Waals surface area contributed by atoms with E-state index in [-0.39, 0.29) is 42.7 Å². The van der Waals surface area contributed by atoms with Crippen molar-refractivity contribution in [3.8, 4) is 5.75 Å². The first-order chi connectivity index (χ1) is 11.7. The highest BCUT2D eigenvalue weighted by Crippen LogP contribution is 2.13. The summed E-state index contributed by atoms with van der Waals surface area (Å²) in [5.74, 6) is 0.333. The van der Waals surface area contributed by atoms with Crippen molar-refractivity contribution in [3.63, 3.8) is 0 Å². The molecule has 2 N–H and O–H groups in total. The fraction of sp³-hybridized carbons (Fsp3) is 0.294. The van der Waals surface area contributed by atoms with E-state index in [1.807, 2.05) is 6.07 Å². The lowest BCUT2D eigenvalue weighted by molar-refractivity contribution is 0.133. The molecule has 142 valence electrons. The number of carbonyl (C=O) groups is 1. The van der Waals surface area contributed by atoms with E-state index in [0.717, 1.165) is 6.54 Å². The van der Waals surface area contributed by atoms with E-state index in [2.05, 4.69) is 15.6 Å². The third-order valence-electron chi connectivity index (χ3n) is 3.78. The molecule has 1 fully saturated rings. The summed E-state index contributed by atoms with van der Waals surface area (Å²) in [5, 5.41) is 6.05. The summed E-state index contributed by atoms with van der Waals surface area (Å²) in [6, 6.07) is 9.02. The lowest BCUT2D eigenvalue weighted by atomic mass is 10.2. The molecule has 1 aliphatic heterocycles. The second kappa shape index (κ2) is 10.8. The van der Waals surface area contributed by atoms with E-state index < -0.39 is 0 Å². The lowest BCUT2D eigenvalue weighted by Gasteiger charge is -2.35. The molecule has 1 unspecified atom stereocenters. The monoisotopic (exact) mass is 402 g/mol. The minimum Gasteiger partial charge on any atom is -0.490 e. The predicted octanol–water partition coefficient (Wildman–Crippen LogP) is 2.95. The molecule has 9 heteroatoms. The Bertz CT molecular complexity index is 676. The zero-order valence-corrected chi connectivity index (χ0v) is 15.6. The van der Waals surface area contributed by atoms with E-state index in [0.29, 0.717) is 31.1 Å². The number of aromatic nitrogens is 1. The molecule has 1 aromatic heterocycles. The van der Waals surface area contributed by atoms with Crippen molar-refractivity contribution >= 4 is 36.5 Å². The number of nitrogens with zero attached hydrogens (tertiary/aromatic N) is 2. The van der Waals surface area contributed by atoms with Gasteiger partial charge in [0.25, 0.3) is 0 Å². The molecule has 0 spiro atoms. The number of anilines is 1. The summed E-state index contributed by atoms with van der Waals surface area (Å²) < 4.78 is 18.7. The van der Waals surface area contributed by atoms with Crippen LogP contribution in [0.15, 0.2) is 48.8 Å². The molecule has 2 aromatic rings. The SMILES string of the molecule is Cl.Cl.O=C(Nc1ccc(F)cc1)N1CCNCC1COc1cccnc1. The van der Waals surface area contributed by atoms with Gasteiger partial charge in [-0.3, -0.25) is 4.98 Å². The van der Waals surface area contributed by atoms with E-state index in [1.54, 1.807) is 23.4 Å². The zero-order chi connectivity index (χ0) is 16.8. The molecule has 26 heavy (non-hydrogen) atoms. The van der Waals surface area contributed by atoms with E-state index in [9.17, 15) is 9.18 Å². The number of carbonyl (C=O) groups excluding carboxylic acids is 1. The fourth-order valence-electron chi connectivity index (χ4n) is 2.53. The number of amides is 2. The van der Waals surface area contributed by atoms with Gasteiger partial charge in [0.15, 0.2) is 0 Å². The van der Waals surface area contributed by atoms with E-state index >= 15 is 0 Å².